The van der Waals surface area contributed by atoms with Crippen LogP contribution in [0.2, 0.25) is 0 Å². The lowest BCUT2D eigenvalue weighted by Crippen LogP contribution is -2.22. The van der Waals surface area contributed by atoms with E-state index in [1.165, 1.54) is 11.8 Å². The van der Waals surface area contributed by atoms with Crippen molar-refractivity contribution in [3.63, 3.8) is 0 Å². The van der Waals surface area contributed by atoms with Crippen molar-refractivity contribution in [1.82, 2.24) is 10.2 Å². The Morgan fingerprint density at radius 3 is 2.86 bits per heavy atom. The second kappa shape index (κ2) is 6.12. The van der Waals surface area contributed by atoms with Crippen molar-refractivity contribution in [3.05, 3.63) is 35.2 Å². The smallest absolute Gasteiger partial charge is 0.277 e. The molecule has 0 unspecified atom stereocenters. The lowest BCUT2D eigenvalue weighted by molar-refractivity contribution is -0.115. The number of hydrogen-bond donors (Lipinski definition) is 1. The first-order valence-corrected chi connectivity index (χ1v) is 8.29. The van der Waals surface area contributed by atoms with Gasteiger partial charge in [-0.05, 0) is 50.8 Å². The maximum absolute atomic E-state index is 12.3. The number of carbonyl (C=O) groups excluding carboxylic acids is 1. The Bertz CT molecular complexity index is 694. The van der Waals surface area contributed by atoms with E-state index >= 15 is 0 Å². The average Bonchev–Trinajstić information content (AvgIpc) is 3.23. The van der Waals surface area contributed by atoms with Crippen LogP contribution in [-0.4, -0.2) is 21.4 Å². The van der Waals surface area contributed by atoms with Gasteiger partial charge in [0.25, 0.3) is 5.22 Å². The number of aryl methyl sites for hydroxylation is 2. The molecule has 5 nitrogen and oxygen atoms in total. The molecule has 1 aliphatic rings. The normalized spacial score (nSPS) is 15.6. The number of amides is 1. The molecule has 2 aromatic rings. The number of carbonyl (C=O) groups is 1. The van der Waals surface area contributed by atoms with Crippen molar-refractivity contribution in [2.45, 2.75) is 50.0 Å². The molecule has 1 aromatic heterocycles. The molecule has 1 atom stereocenters. The number of anilines is 1. The van der Waals surface area contributed by atoms with Crippen molar-refractivity contribution in [1.29, 1.82) is 0 Å². The van der Waals surface area contributed by atoms with Crippen LogP contribution in [0.4, 0.5) is 5.69 Å². The summed E-state index contributed by atoms with van der Waals surface area (Å²) in [5.41, 5.74) is 3.01. The summed E-state index contributed by atoms with van der Waals surface area (Å²) < 4.78 is 5.58. The van der Waals surface area contributed by atoms with Crippen molar-refractivity contribution in [2.24, 2.45) is 0 Å². The standard InChI is InChI=1S/C16H19N3O2S/c1-9-4-5-10(2)13(8-9)17-14(20)11(3)22-16-19-18-15(21-16)12-6-7-12/h4-5,8,11-12H,6-7H2,1-3H3,(H,17,20)/t11-/m0/s1. The monoisotopic (exact) mass is 317 g/mol. The Labute approximate surface area is 133 Å². The number of nitrogens with one attached hydrogen (secondary N) is 1. The number of thioether (sulfide) groups is 1. The fraction of sp³-hybridized carbons (Fsp3) is 0.438. The molecule has 1 N–H and O–H groups in total. The summed E-state index contributed by atoms with van der Waals surface area (Å²) in [6.45, 7) is 5.82. The summed E-state index contributed by atoms with van der Waals surface area (Å²) >= 11 is 1.29. The third kappa shape index (κ3) is 3.50. The summed E-state index contributed by atoms with van der Waals surface area (Å²) in [6.07, 6.45) is 2.24. The van der Waals surface area contributed by atoms with Gasteiger partial charge in [-0.1, -0.05) is 23.9 Å². The highest BCUT2D eigenvalue weighted by molar-refractivity contribution is 8.00. The molecule has 0 radical (unpaired) electrons. The molecule has 1 heterocycles. The zero-order chi connectivity index (χ0) is 15.7. The fourth-order valence-electron chi connectivity index (χ4n) is 2.07. The quantitative estimate of drug-likeness (QED) is 0.852. The minimum atomic E-state index is -0.299. The van der Waals surface area contributed by atoms with Gasteiger partial charge in [0.15, 0.2) is 0 Å². The first kappa shape index (κ1) is 15.1. The van der Waals surface area contributed by atoms with Crippen LogP contribution in [0.25, 0.3) is 0 Å². The van der Waals surface area contributed by atoms with E-state index in [0.717, 1.165) is 29.7 Å². The van der Waals surface area contributed by atoms with E-state index in [4.69, 9.17) is 4.42 Å². The van der Waals surface area contributed by atoms with Crippen LogP contribution in [0.15, 0.2) is 27.8 Å². The lowest BCUT2D eigenvalue weighted by atomic mass is 10.1. The highest BCUT2D eigenvalue weighted by Gasteiger charge is 2.30. The highest BCUT2D eigenvalue weighted by Crippen LogP contribution is 2.40. The van der Waals surface area contributed by atoms with E-state index < -0.39 is 0 Å². The van der Waals surface area contributed by atoms with Crippen LogP contribution in [-0.2, 0) is 4.79 Å². The zero-order valence-corrected chi connectivity index (χ0v) is 13.7. The molecular formula is C16H19N3O2S. The Balaban J connectivity index is 1.62. The first-order chi connectivity index (χ1) is 10.5. The van der Waals surface area contributed by atoms with Crippen LogP contribution >= 0.6 is 11.8 Å². The van der Waals surface area contributed by atoms with Gasteiger partial charge in [0.05, 0.1) is 5.25 Å². The number of nitrogens with zero attached hydrogens (tertiary/aromatic N) is 2. The molecule has 1 aromatic carbocycles. The van der Waals surface area contributed by atoms with Gasteiger partial charge in [-0.25, -0.2) is 0 Å². The van der Waals surface area contributed by atoms with Crippen molar-refractivity contribution in [3.8, 4) is 0 Å². The first-order valence-electron chi connectivity index (χ1n) is 7.41. The van der Waals surface area contributed by atoms with Gasteiger partial charge in [-0.3, -0.25) is 4.79 Å². The van der Waals surface area contributed by atoms with Gasteiger partial charge < -0.3 is 9.73 Å². The molecule has 1 saturated carbocycles. The summed E-state index contributed by atoms with van der Waals surface area (Å²) in [5.74, 6) is 1.07. The molecule has 0 saturated heterocycles. The van der Waals surface area contributed by atoms with Crippen LogP contribution < -0.4 is 5.32 Å². The van der Waals surface area contributed by atoms with Crippen LogP contribution in [0.5, 0.6) is 0 Å². The predicted octanol–water partition coefficient (Wildman–Crippen LogP) is 3.68. The van der Waals surface area contributed by atoms with E-state index in [9.17, 15) is 4.79 Å². The molecular weight excluding hydrogens is 298 g/mol. The van der Waals surface area contributed by atoms with Gasteiger partial charge >= 0.3 is 0 Å². The maximum atomic E-state index is 12.3. The maximum Gasteiger partial charge on any atom is 0.277 e. The minimum absolute atomic E-state index is 0.0649. The summed E-state index contributed by atoms with van der Waals surface area (Å²) in [5, 5.41) is 11.2. The Kier molecular flexibility index (Phi) is 4.20. The molecule has 6 heteroatoms. The van der Waals surface area contributed by atoms with Gasteiger partial charge in [-0.2, -0.15) is 0 Å². The number of hydrogen-bond acceptors (Lipinski definition) is 5. The molecule has 0 spiro atoms. The van der Waals surface area contributed by atoms with Gasteiger partial charge in [-0.15, -0.1) is 10.2 Å². The zero-order valence-electron chi connectivity index (χ0n) is 12.9. The molecule has 0 bridgehead atoms. The molecule has 1 fully saturated rings. The summed E-state index contributed by atoms with van der Waals surface area (Å²) in [4.78, 5) is 12.3. The molecule has 3 rings (SSSR count). The largest absolute Gasteiger partial charge is 0.416 e. The second-order valence-corrected chi connectivity index (χ2v) is 7.04. The highest BCUT2D eigenvalue weighted by atomic mass is 32.2. The SMILES string of the molecule is Cc1ccc(C)c(NC(=O)[C@H](C)Sc2nnc(C3CC3)o2)c1. The van der Waals surface area contributed by atoms with Crippen LogP contribution in [0, 0.1) is 13.8 Å². The van der Waals surface area contributed by atoms with Crippen LogP contribution in [0.1, 0.15) is 42.7 Å². The second-order valence-electron chi connectivity index (χ2n) is 5.75. The molecule has 22 heavy (non-hydrogen) atoms. The van der Waals surface area contributed by atoms with E-state index in [2.05, 4.69) is 15.5 Å². The molecule has 1 amide bonds. The minimum Gasteiger partial charge on any atom is -0.416 e. The lowest BCUT2D eigenvalue weighted by Gasteiger charge is -2.12. The Morgan fingerprint density at radius 2 is 2.14 bits per heavy atom. The van der Waals surface area contributed by atoms with E-state index in [1.807, 2.05) is 39.0 Å². The van der Waals surface area contributed by atoms with Crippen molar-refractivity contribution < 1.29 is 9.21 Å². The van der Waals surface area contributed by atoms with Gasteiger partial charge in [0, 0.05) is 11.6 Å². The number of rotatable bonds is 5. The third-order valence-corrected chi connectivity index (χ3v) is 4.58. The summed E-state index contributed by atoms with van der Waals surface area (Å²) in [7, 11) is 0. The van der Waals surface area contributed by atoms with Crippen molar-refractivity contribution in [2.75, 3.05) is 5.32 Å². The Morgan fingerprint density at radius 1 is 1.36 bits per heavy atom. The molecule has 1 aliphatic carbocycles. The summed E-state index contributed by atoms with van der Waals surface area (Å²) in [6, 6.07) is 6.01. The predicted molar refractivity (Wildman–Crippen MR) is 86.1 cm³/mol. The van der Waals surface area contributed by atoms with E-state index in [0.29, 0.717) is 17.0 Å². The molecule has 0 aliphatic heterocycles. The Hall–Kier alpha value is -1.82. The van der Waals surface area contributed by atoms with Crippen molar-refractivity contribution >= 4 is 23.4 Å². The topological polar surface area (TPSA) is 68.0 Å². The number of aromatic nitrogens is 2. The third-order valence-electron chi connectivity index (χ3n) is 3.65. The number of benzene rings is 1. The van der Waals surface area contributed by atoms with Crippen LogP contribution in [0.3, 0.4) is 0 Å². The van der Waals surface area contributed by atoms with Gasteiger partial charge in [0.2, 0.25) is 11.8 Å². The van der Waals surface area contributed by atoms with Gasteiger partial charge in [0.1, 0.15) is 0 Å². The fourth-order valence-corrected chi connectivity index (χ4v) is 2.76. The average molecular weight is 317 g/mol. The molecule has 116 valence electrons. The van der Waals surface area contributed by atoms with E-state index in [1.54, 1.807) is 0 Å². The van der Waals surface area contributed by atoms with E-state index in [-0.39, 0.29) is 11.2 Å².